The minimum absolute atomic E-state index is 0.0376. The maximum absolute atomic E-state index is 5.56. The quantitative estimate of drug-likeness (QED) is 0.742. The number of nitrogens with one attached hydrogen (secondary N) is 1. The summed E-state index contributed by atoms with van der Waals surface area (Å²) in [7, 11) is 1.83. The zero-order chi connectivity index (χ0) is 13.6. The summed E-state index contributed by atoms with van der Waals surface area (Å²) in [5.74, 6) is 1.80. The Morgan fingerprint density at radius 2 is 1.94 bits per heavy atom. The van der Waals surface area contributed by atoms with Gasteiger partial charge in [0.05, 0.1) is 5.60 Å². The Balaban J connectivity index is 2.50. The fourth-order valence-electron chi connectivity index (χ4n) is 3.22. The lowest BCUT2D eigenvalue weighted by molar-refractivity contribution is 0.00623. The summed E-state index contributed by atoms with van der Waals surface area (Å²) < 4.78 is 5.56. The van der Waals surface area contributed by atoms with Crippen molar-refractivity contribution in [2.45, 2.75) is 77.9 Å². The zero-order valence-corrected chi connectivity index (χ0v) is 13.1. The molecule has 2 nitrogen and oxygen atoms in total. The van der Waals surface area contributed by atoms with Gasteiger partial charge in [-0.25, -0.2) is 0 Å². The molecule has 1 aliphatic rings. The van der Waals surface area contributed by atoms with Gasteiger partial charge in [-0.1, -0.05) is 20.3 Å². The average molecular weight is 255 g/mol. The fraction of sp³-hybridized carbons (Fsp3) is 1.00. The fourth-order valence-corrected chi connectivity index (χ4v) is 3.22. The van der Waals surface area contributed by atoms with Crippen molar-refractivity contribution in [3.05, 3.63) is 0 Å². The van der Waals surface area contributed by atoms with Crippen molar-refractivity contribution in [3.8, 4) is 0 Å². The molecule has 0 aromatic rings. The molecule has 0 spiro atoms. The number of hydrogen-bond acceptors (Lipinski definition) is 2. The molecule has 0 saturated heterocycles. The highest BCUT2D eigenvalue weighted by Gasteiger charge is 2.30. The molecule has 1 fully saturated rings. The molecular weight excluding hydrogens is 222 g/mol. The van der Waals surface area contributed by atoms with Gasteiger partial charge in [0.25, 0.3) is 0 Å². The van der Waals surface area contributed by atoms with E-state index in [2.05, 4.69) is 33.0 Å². The third kappa shape index (κ3) is 4.89. The van der Waals surface area contributed by atoms with E-state index in [1.165, 1.54) is 38.5 Å². The van der Waals surface area contributed by atoms with Crippen LogP contribution >= 0.6 is 0 Å². The molecule has 0 bridgehead atoms. The van der Waals surface area contributed by atoms with Crippen LogP contribution in [0.3, 0.4) is 0 Å². The summed E-state index contributed by atoms with van der Waals surface area (Å²) in [6.45, 7) is 10.1. The van der Waals surface area contributed by atoms with Gasteiger partial charge in [-0.05, 0) is 64.3 Å². The van der Waals surface area contributed by atoms with E-state index in [9.17, 15) is 0 Å². The minimum atomic E-state index is 0.0376. The number of rotatable bonds is 7. The van der Waals surface area contributed by atoms with Crippen LogP contribution in [0.25, 0.3) is 0 Å². The molecule has 3 unspecified atom stereocenters. The van der Waals surface area contributed by atoms with Crippen molar-refractivity contribution in [1.82, 2.24) is 5.32 Å². The van der Waals surface area contributed by atoms with Gasteiger partial charge in [0.1, 0.15) is 0 Å². The van der Waals surface area contributed by atoms with E-state index in [1.54, 1.807) is 0 Å². The van der Waals surface area contributed by atoms with E-state index in [-0.39, 0.29) is 5.60 Å². The van der Waals surface area contributed by atoms with Gasteiger partial charge >= 0.3 is 0 Å². The SMILES string of the molecule is CCNC1CCC(CC)CC1CCC(C)(C)OC. The van der Waals surface area contributed by atoms with E-state index < -0.39 is 0 Å². The van der Waals surface area contributed by atoms with E-state index in [0.717, 1.165) is 24.4 Å². The molecule has 1 N–H and O–H groups in total. The lowest BCUT2D eigenvalue weighted by Gasteiger charge is -2.38. The van der Waals surface area contributed by atoms with Crippen LogP contribution in [0.5, 0.6) is 0 Å². The Labute approximate surface area is 114 Å². The molecule has 0 amide bonds. The van der Waals surface area contributed by atoms with Crippen LogP contribution in [0.15, 0.2) is 0 Å². The van der Waals surface area contributed by atoms with Crippen LogP contribution in [-0.4, -0.2) is 25.3 Å². The van der Waals surface area contributed by atoms with Gasteiger partial charge in [0.15, 0.2) is 0 Å². The minimum Gasteiger partial charge on any atom is -0.379 e. The van der Waals surface area contributed by atoms with Crippen LogP contribution in [0, 0.1) is 11.8 Å². The summed E-state index contributed by atoms with van der Waals surface area (Å²) in [6.07, 6.45) is 8.02. The maximum Gasteiger partial charge on any atom is 0.0622 e. The second-order valence-electron chi connectivity index (χ2n) is 6.51. The molecule has 0 heterocycles. The summed E-state index contributed by atoms with van der Waals surface area (Å²) in [6, 6.07) is 0.741. The van der Waals surface area contributed by atoms with Crippen molar-refractivity contribution in [2.24, 2.45) is 11.8 Å². The summed E-state index contributed by atoms with van der Waals surface area (Å²) in [4.78, 5) is 0. The van der Waals surface area contributed by atoms with Crippen LogP contribution in [0.2, 0.25) is 0 Å². The lowest BCUT2D eigenvalue weighted by Crippen LogP contribution is -2.41. The Bertz CT molecular complexity index is 227. The molecule has 1 rings (SSSR count). The maximum atomic E-state index is 5.56. The largest absolute Gasteiger partial charge is 0.379 e. The molecule has 3 atom stereocenters. The van der Waals surface area contributed by atoms with Gasteiger partial charge in [-0.3, -0.25) is 0 Å². The first-order chi connectivity index (χ1) is 8.52. The van der Waals surface area contributed by atoms with Gasteiger partial charge in [0, 0.05) is 13.2 Å². The highest BCUT2D eigenvalue weighted by molar-refractivity contribution is 4.85. The monoisotopic (exact) mass is 255 g/mol. The van der Waals surface area contributed by atoms with Gasteiger partial charge in [-0.15, -0.1) is 0 Å². The van der Waals surface area contributed by atoms with Crippen molar-refractivity contribution < 1.29 is 4.74 Å². The molecule has 18 heavy (non-hydrogen) atoms. The third-order valence-corrected chi connectivity index (χ3v) is 4.80. The molecule has 108 valence electrons. The number of hydrogen-bond donors (Lipinski definition) is 1. The predicted octanol–water partition coefficient (Wildman–Crippen LogP) is 4.00. The van der Waals surface area contributed by atoms with E-state index in [1.807, 2.05) is 7.11 Å². The second kappa shape index (κ2) is 7.49. The normalized spacial score (nSPS) is 29.5. The second-order valence-corrected chi connectivity index (χ2v) is 6.51. The topological polar surface area (TPSA) is 21.3 Å². The first-order valence-corrected chi connectivity index (χ1v) is 7.81. The van der Waals surface area contributed by atoms with Gasteiger partial charge < -0.3 is 10.1 Å². The van der Waals surface area contributed by atoms with Crippen LogP contribution in [0.4, 0.5) is 0 Å². The highest BCUT2D eigenvalue weighted by Crippen LogP contribution is 2.35. The van der Waals surface area contributed by atoms with Crippen molar-refractivity contribution >= 4 is 0 Å². The molecule has 2 heteroatoms. The smallest absolute Gasteiger partial charge is 0.0622 e. The van der Waals surface area contributed by atoms with Crippen molar-refractivity contribution in [3.63, 3.8) is 0 Å². The van der Waals surface area contributed by atoms with Crippen LogP contribution in [-0.2, 0) is 4.74 Å². The first-order valence-electron chi connectivity index (χ1n) is 7.81. The number of methoxy groups -OCH3 is 1. The first kappa shape index (κ1) is 16.0. The molecule has 0 aromatic heterocycles. The van der Waals surface area contributed by atoms with Crippen molar-refractivity contribution in [1.29, 1.82) is 0 Å². The number of ether oxygens (including phenoxy) is 1. The van der Waals surface area contributed by atoms with Gasteiger partial charge in [-0.2, -0.15) is 0 Å². The molecule has 0 radical (unpaired) electrons. The Morgan fingerprint density at radius 1 is 1.22 bits per heavy atom. The Morgan fingerprint density at radius 3 is 2.50 bits per heavy atom. The predicted molar refractivity (Wildman–Crippen MR) is 78.9 cm³/mol. The lowest BCUT2D eigenvalue weighted by atomic mass is 9.74. The van der Waals surface area contributed by atoms with E-state index in [0.29, 0.717) is 0 Å². The van der Waals surface area contributed by atoms with Crippen molar-refractivity contribution in [2.75, 3.05) is 13.7 Å². The highest BCUT2D eigenvalue weighted by atomic mass is 16.5. The molecular formula is C16H33NO. The molecule has 0 aliphatic heterocycles. The van der Waals surface area contributed by atoms with Crippen LogP contribution in [0.1, 0.15) is 66.2 Å². The molecule has 1 saturated carbocycles. The van der Waals surface area contributed by atoms with E-state index >= 15 is 0 Å². The summed E-state index contributed by atoms with van der Waals surface area (Å²) in [5, 5.41) is 3.69. The molecule has 0 aromatic carbocycles. The molecule has 1 aliphatic carbocycles. The Hall–Kier alpha value is -0.0800. The Kier molecular flexibility index (Phi) is 6.65. The summed E-state index contributed by atoms with van der Waals surface area (Å²) in [5.41, 5.74) is 0.0376. The van der Waals surface area contributed by atoms with Crippen LogP contribution < -0.4 is 5.32 Å². The standard InChI is InChI=1S/C16H33NO/c1-6-13-8-9-15(17-7-2)14(12-13)10-11-16(3,4)18-5/h13-15,17H,6-12H2,1-5H3. The average Bonchev–Trinajstić information content (AvgIpc) is 2.38. The third-order valence-electron chi connectivity index (χ3n) is 4.80. The summed E-state index contributed by atoms with van der Waals surface area (Å²) >= 11 is 0. The zero-order valence-electron chi connectivity index (χ0n) is 13.1. The van der Waals surface area contributed by atoms with Gasteiger partial charge in [0.2, 0.25) is 0 Å². The van der Waals surface area contributed by atoms with E-state index in [4.69, 9.17) is 4.74 Å².